The second-order valence-electron chi connectivity index (χ2n) is 8.20. The van der Waals surface area contributed by atoms with E-state index < -0.39 is 0 Å². The fraction of sp³-hybridized carbons (Fsp3) is 0.333. The quantitative estimate of drug-likeness (QED) is 0.548. The number of benzene rings is 2. The maximum absolute atomic E-state index is 13.1. The van der Waals surface area contributed by atoms with Gasteiger partial charge in [-0.25, -0.2) is 0 Å². The second kappa shape index (κ2) is 7.61. The van der Waals surface area contributed by atoms with Crippen LogP contribution in [0.1, 0.15) is 23.0 Å². The first-order valence-electron chi connectivity index (χ1n) is 10.1. The third kappa shape index (κ3) is 3.17. The predicted octanol–water partition coefficient (Wildman–Crippen LogP) is 3.88. The zero-order valence-corrected chi connectivity index (χ0v) is 18.4. The normalized spacial score (nSPS) is 12.8. The topological polar surface area (TPSA) is 59.4 Å². The molecule has 1 N–H and O–H groups in total. The number of methoxy groups -OCH3 is 1. The first-order chi connectivity index (χ1) is 14.3. The van der Waals surface area contributed by atoms with Gasteiger partial charge in [0, 0.05) is 42.0 Å². The molecular formula is C24H28N4O2. The SMILES string of the molecule is COc1cccc2c1c1cc3c(C(=O)N[C@H](C)CN(C)C)nccc3c(C)c1n2C. The Labute approximate surface area is 176 Å². The van der Waals surface area contributed by atoms with E-state index in [-0.39, 0.29) is 11.9 Å². The number of amides is 1. The fourth-order valence-corrected chi connectivity index (χ4v) is 4.54. The van der Waals surface area contributed by atoms with Crippen LogP contribution in [0.2, 0.25) is 0 Å². The lowest BCUT2D eigenvalue weighted by Gasteiger charge is -2.18. The van der Waals surface area contributed by atoms with E-state index >= 15 is 0 Å². The van der Waals surface area contributed by atoms with Crippen LogP contribution in [0.25, 0.3) is 32.6 Å². The number of carbonyl (C=O) groups is 1. The number of ether oxygens (including phenoxy) is 1. The Morgan fingerprint density at radius 1 is 1.23 bits per heavy atom. The van der Waals surface area contributed by atoms with Crippen molar-refractivity contribution in [1.82, 2.24) is 19.8 Å². The second-order valence-corrected chi connectivity index (χ2v) is 8.20. The van der Waals surface area contributed by atoms with Crippen LogP contribution in [0, 0.1) is 6.92 Å². The van der Waals surface area contributed by atoms with E-state index in [1.807, 2.05) is 39.2 Å². The minimum absolute atomic E-state index is 0.0204. The molecule has 6 heteroatoms. The smallest absolute Gasteiger partial charge is 0.270 e. The summed E-state index contributed by atoms with van der Waals surface area (Å²) in [5.41, 5.74) is 3.82. The zero-order valence-electron chi connectivity index (χ0n) is 18.4. The Bertz CT molecular complexity index is 1270. The Morgan fingerprint density at radius 2 is 2.00 bits per heavy atom. The summed E-state index contributed by atoms with van der Waals surface area (Å²) >= 11 is 0. The Kier molecular flexibility index (Phi) is 5.12. The van der Waals surface area contributed by atoms with Crippen molar-refractivity contribution < 1.29 is 9.53 Å². The molecule has 4 rings (SSSR count). The van der Waals surface area contributed by atoms with E-state index in [1.54, 1.807) is 13.3 Å². The number of nitrogens with zero attached hydrogens (tertiary/aromatic N) is 3. The molecule has 2 heterocycles. The van der Waals surface area contributed by atoms with E-state index in [0.717, 1.165) is 50.4 Å². The van der Waals surface area contributed by atoms with Gasteiger partial charge in [-0.1, -0.05) is 6.07 Å². The molecule has 4 aromatic rings. The van der Waals surface area contributed by atoms with Gasteiger partial charge in [-0.05, 0) is 63.2 Å². The largest absolute Gasteiger partial charge is 0.496 e. The van der Waals surface area contributed by atoms with Crippen LogP contribution in [0.4, 0.5) is 0 Å². The molecule has 156 valence electrons. The first kappa shape index (κ1) is 20.2. The number of rotatable bonds is 5. The Hall–Kier alpha value is -3.12. The summed E-state index contributed by atoms with van der Waals surface area (Å²) in [6.45, 7) is 4.87. The van der Waals surface area contributed by atoms with Gasteiger partial charge in [0.25, 0.3) is 5.91 Å². The van der Waals surface area contributed by atoms with Gasteiger partial charge >= 0.3 is 0 Å². The van der Waals surface area contributed by atoms with Gasteiger partial charge in [0.05, 0.1) is 18.1 Å². The molecule has 0 saturated carbocycles. The lowest BCUT2D eigenvalue weighted by Crippen LogP contribution is -2.39. The van der Waals surface area contributed by atoms with E-state index in [9.17, 15) is 4.79 Å². The molecule has 0 radical (unpaired) electrons. The number of hydrogen-bond donors (Lipinski definition) is 1. The van der Waals surface area contributed by atoms with E-state index in [4.69, 9.17) is 4.74 Å². The van der Waals surface area contributed by atoms with Crippen molar-refractivity contribution in [3.05, 3.63) is 47.8 Å². The molecule has 0 fully saturated rings. The summed E-state index contributed by atoms with van der Waals surface area (Å²) in [5, 5.41) is 7.09. The van der Waals surface area contributed by atoms with Crippen molar-refractivity contribution in [2.45, 2.75) is 19.9 Å². The van der Waals surface area contributed by atoms with Crippen LogP contribution in [0.15, 0.2) is 36.5 Å². The molecule has 0 aliphatic heterocycles. The van der Waals surface area contributed by atoms with Crippen molar-refractivity contribution in [2.24, 2.45) is 7.05 Å². The molecule has 0 aliphatic carbocycles. The van der Waals surface area contributed by atoms with Gasteiger partial charge in [0.1, 0.15) is 11.4 Å². The van der Waals surface area contributed by atoms with E-state index in [1.165, 1.54) is 0 Å². The summed E-state index contributed by atoms with van der Waals surface area (Å²) in [7, 11) is 7.74. The standard InChI is InChI=1S/C24H28N4O2/c1-14(13-27(3)4)26-24(29)22-17-12-18-21-19(8-7-9-20(21)30-6)28(5)23(18)15(2)16(17)10-11-25-22/h7-12,14H,13H2,1-6H3,(H,26,29)/t14-/m1/s1. The summed E-state index contributed by atoms with van der Waals surface area (Å²) in [6, 6.07) is 10.2. The number of likely N-dealkylation sites (N-methyl/N-ethyl adjacent to an activating group) is 1. The monoisotopic (exact) mass is 404 g/mol. The van der Waals surface area contributed by atoms with Crippen molar-refractivity contribution in [3.8, 4) is 5.75 Å². The third-order valence-electron chi connectivity index (χ3n) is 5.71. The molecule has 6 nitrogen and oxygen atoms in total. The van der Waals surface area contributed by atoms with Crippen LogP contribution >= 0.6 is 0 Å². The zero-order chi connectivity index (χ0) is 21.6. The van der Waals surface area contributed by atoms with Gasteiger partial charge in [-0.15, -0.1) is 0 Å². The maximum Gasteiger partial charge on any atom is 0.270 e. The average molecular weight is 405 g/mol. The van der Waals surface area contributed by atoms with Crippen LogP contribution < -0.4 is 10.1 Å². The van der Waals surface area contributed by atoms with Crippen molar-refractivity contribution in [2.75, 3.05) is 27.7 Å². The van der Waals surface area contributed by atoms with Crippen LogP contribution in [0.3, 0.4) is 0 Å². The van der Waals surface area contributed by atoms with Crippen LogP contribution in [0.5, 0.6) is 5.75 Å². The molecule has 2 aromatic heterocycles. The van der Waals surface area contributed by atoms with Crippen LogP contribution in [-0.2, 0) is 7.05 Å². The number of hydrogen-bond acceptors (Lipinski definition) is 4. The number of aryl methyl sites for hydroxylation is 2. The molecule has 0 aliphatic rings. The van der Waals surface area contributed by atoms with E-state index in [0.29, 0.717) is 5.69 Å². The fourth-order valence-electron chi connectivity index (χ4n) is 4.54. The van der Waals surface area contributed by atoms with Gasteiger partial charge in [0.2, 0.25) is 0 Å². The first-order valence-corrected chi connectivity index (χ1v) is 10.1. The average Bonchev–Trinajstić information content (AvgIpc) is 2.99. The highest BCUT2D eigenvalue weighted by molar-refractivity contribution is 6.19. The molecule has 1 amide bonds. The molecule has 0 saturated heterocycles. The minimum atomic E-state index is -0.152. The predicted molar refractivity (Wildman–Crippen MR) is 122 cm³/mol. The third-order valence-corrected chi connectivity index (χ3v) is 5.71. The molecule has 30 heavy (non-hydrogen) atoms. The summed E-state index contributed by atoms with van der Waals surface area (Å²) < 4.78 is 7.85. The molecule has 1 atom stereocenters. The highest BCUT2D eigenvalue weighted by atomic mass is 16.5. The van der Waals surface area contributed by atoms with Gasteiger partial charge in [0.15, 0.2) is 0 Å². The Morgan fingerprint density at radius 3 is 2.70 bits per heavy atom. The molecule has 2 aromatic carbocycles. The maximum atomic E-state index is 13.1. The molecule has 0 unspecified atom stereocenters. The van der Waals surface area contributed by atoms with Crippen molar-refractivity contribution in [3.63, 3.8) is 0 Å². The number of nitrogens with one attached hydrogen (secondary N) is 1. The number of pyridine rings is 1. The highest BCUT2D eigenvalue weighted by Crippen LogP contribution is 2.39. The number of carbonyl (C=O) groups excluding carboxylic acids is 1. The molecule has 0 spiro atoms. The van der Waals surface area contributed by atoms with Gasteiger partial charge < -0.3 is 19.5 Å². The highest BCUT2D eigenvalue weighted by Gasteiger charge is 2.20. The lowest BCUT2D eigenvalue weighted by molar-refractivity contribution is 0.0931. The molecule has 0 bridgehead atoms. The number of aromatic nitrogens is 2. The van der Waals surface area contributed by atoms with Crippen LogP contribution in [-0.4, -0.2) is 54.1 Å². The summed E-state index contributed by atoms with van der Waals surface area (Å²) in [6.07, 6.45) is 1.72. The minimum Gasteiger partial charge on any atom is -0.496 e. The summed E-state index contributed by atoms with van der Waals surface area (Å²) in [5.74, 6) is 0.673. The number of fused-ring (bicyclic) bond motifs is 4. The van der Waals surface area contributed by atoms with Crippen molar-refractivity contribution in [1.29, 1.82) is 0 Å². The lowest BCUT2D eigenvalue weighted by atomic mass is 9.99. The Balaban J connectivity index is 1.97. The van der Waals surface area contributed by atoms with Gasteiger partial charge in [-0.2, -0.15) is 0 Å². The van der Waals surface area contributed by atoms with E-state index in [2.05, 4.69) is 45.9 Å². The molecular weight excluding hydrogens is 376 g/mol. The summed E-state index contributed by atoms with van der Waals surface area (Å²) in [4.78, 5) is 19.6. The van der Waals surface area contributed by atoms with Gasteiger partial charge in [-0.3, -0.25) is 9.78 Å². The van der Waals surface area contributed by atoms with Crippen molar-refractivity contribution >= 4 is 38.5 Å².